The molecule has 1 aromatic heterocycles. The van der Waals surface area contributed by atoms with Crippen LogP contribution in [-0.4, -0.2) is 32.2 Å². The molecule has 0 atom stereocenters. The molecule has 0 bridgehead atoms. The number of nitrogens with one attached hydrogen (secondary N) is 1. The number of carbonyl (C=O) groups excluding carboxylic acids is 1. The summed E-state index contributed by atoms with van der Waals surface area (Å²) in [5, 5.41) is 3.81. The van der Waals surface area contributed by atoms with Crippen molar-refractivity contribution < 1.29 is 19.0 Å². The van der Waals surface area contributed by atoms with Gasteiger partial charge in [-0.2, -0.15) is 0 Å². The first kappa shape index (κ1) is 22.4. The van der Waals surface area contributed by atoms with Crippen LogP contribution >= 0.6 is 11.3 Å². The zero-order valence-corrected chi connectivity index (χ0v) is 19.4. The van der Waals surface area contributed by atoms with E-state index in [-0.39, 0.29) is 5.91 Å². The van der Waals surface area contributed by atoms with Crippen LogP contribution in [0.15, 0.2) is 72.8 Å². The Morgan fingerprint density at radius 3 is 1.97 bits per heavy atom. The summed E-state index contributed by atoms with van der Waals surface area (Å²) in [7, 11) is 4.68. The Balaban J connectivity index is 1.64. The van der Waals surface area contributed by atoms with Crippen molar-refractivity contribution in [3.05, 3.63) is 83.2 Å². The second kappa shape index (κ2) is 10.2. The first-order valence-corrected chi connectivity index (χ1v) is 11.1. The summed E-state index contributed by atoms with van der Waals surface area (Å²) in [6.07, 6.45) is 0. The zero-order chi connectivity index (χ0) is 23.2. The van der Waals surface area contributed by atoms with Crippen molar-refractivity contribution in [1.82, 2.24) is 10.3 Å². The minimum atomic E-state index is -0.192. The lowest BCUT2D eigenvalue weighted by Gasteiger charge is -2.14. The van der Waals surface area contributed by atoms with E-state index in [1.165, 1.54) is 11.3 Å². The van der Waals surface area contributed by atoms with Gasteiger partial charge in [0.15, 0.2) is 11.5 Å². The number of ether oxygens (including phenoxy) is 3. The normalized spacial score (nSPS) is 10.5. The van der Waals surface area contributed by atoms with Gasteiger partial charge in [0, 0.05) is 17.7 Å². The minimum absolute atomic E-state index is 0.192. The molecule has 0 unspecified atom stereocenters. The second-order valence-corrected chi connectivity index (χ2v) is 8.14. The van der Waals surface area contributed by atoms with Crippen molar-refractivity contribution in [2.24, 2.45) is 0 Å². The number of aromatic nitrogens is 1. The van der Waals surface area contributed by atoms with Crippen LogP contribution in [0.3, 0.4) is 0 Å². The largest absolute Gasteiger partial charge is 0.493 e. The topological polar surface area (TPSA) is 69.7 Å². The maximum atomic E-state index is 13.3. The highest BCUT2D eigenvalue weighted by atomic mass is 32.1. The predicted molar refractivity (Wildman–Crippen MR) is 130 cm³/mol. The van der Waals surface area contributed by atoms with Crippen LogP contribution in [0.2, 0.25) is 0 Å². The maximum Gasteiger partial charge on any atom is 0.263 e. The van der Waals surface area contributed by atoms with Crippen LogP contribution in [0.4, 0.5) is 0 Å². The number of thiazole rings is 1. The third-order valence-corrected chi connectivity index (χ3v) is 6.18. The number of benzene rings is 3. The summed E-state index contributed by atoms with van der Waals surface area (Å²) in [4.78, 5) is 18.6. The molecule has 1 amide bonds. The molecule has 0 saturated heterocycles. The number of rotatable bonds is 8. The molecule has 6 nitrogen and oxygen atoms in total. The molecule has 0 aliphatic rings. The smallest absolute Gasteiger partial charge is 0.263 e. The van der Waals surface area contributed by atoms with E-state index in [9.17, 15) is 4.79 Å². The standard InChI is InChI=1S/C26H24N2O4S/c1-30-20-14-17(15-21(31-2)23(20)32-3)16-27-25(29)24-22(18-10-6-4-7-11-18)28-26(33-24)19-12-8-5-9-13-19/h4-15H,16H2,1-3H3,(H,27,29). The van der Waals surface area contributed by atoms with Gasteiger partial charge in [0.1, 0.15) is 9.88 Å². The number of methoxy groups -OCH3 is 3. The molecule has 4 rings (SSSR count). The predicted octanol–water partition coefficient (Wildman–Crippen LogP) is 5.43. The van der Waals surface area contributed by atoms with Gasteiger partial charge >= 0.3 is 0 Å². The summed E-state index contributed by atoms with van der Waals surface area (Å²) in [5.74, 6) is 1.39. The van der Waals surface area contributed by atoms with E-state index in [2.05, 4.69) is 5.32 Å². The van der Waals surface area contributed by atoms with Gasteiger partial charge in [0.25, 0.3) is 5.91 Å². The summed E-state index contributed by atoms with van der Waals surface area (Å²) >= 11 is 1.38. The minimum Gasteiger partial charge on any atom is -0.493 e. The molecule has 1 N–H and O–H groups in total. The van der Waals surface area contributed by atoms with Crippen LogP contribution in [-0.2, 0) is 6.54 Å². The summed E-state index contributed by atoms with van der Waals surface area (Å²) in [5.41, 5.74) is 3.37. The van der Waals surface area contributed by atoms with E-state index in [0.717, 1.165) is 21.7 Å². The van der Waals surface area contributed by atoms with Crippen LogP contribution in [0.1, 0.15) is 15.2 Å². The third kappa shape index (κ3) is 4.83. The molecule has 4 aromatic rings. The summed E-state index contributed by atoms with van der Waals surface area (Å²) in [6.45, 7) is 0.294. The van der Waals surface area contributed by atoms with Crippen LogP contribution in [0, 0.1) is 0 Å². The molecule has 0 radical (unpaired) electrons. The number of nitrogens with zero attached hydrogens (tertiary/aromatic N) is 1. The highest BCUT2D eigenvalue weighted by Gasteiger charge is 2.21. The highest BCUT2D eigenvalue weighted by molar-refractivity contribution is 7.17. The first-order valence-electron chi connectivity index (χ1n) is 10.3. The molecule has 1 heterocycles. The number of hydrogen-bond donors (Lipinski definition) is 1. The quantitative estimate of drug-likeness (QED) is 0.380. The fourth-order valence-electron chi connectivity index (χ4n) is 3.47. The van der Waals surface area contributed by atoms with E-state index in [4.69, 9.17) is 19.2 Å². The van der Waals surface area contributed by atoms with Crippen molar-refractivity contribution in [1.29, 1.82) is 0 Å². The summed E-state index contributed by atoms with van der Waals surface area (Å²) < 4.78 is 16.2. The Kier molecular flexibility index (Phi) is 6.90. The van der Waals surface area contributed by atoms with Gasteiger partial charge in [0.05, 0.1) is 27.0 Å². The highest BCUT2D eigenvalue weighted by Crippen LogP contribution is 2.38. The lowest BCUT2D eigenvalue weighted by Crippen LogP contribution is -2.22. The molecule has 0 aliphatic carbocycles. The number of carbonyl (C=O) groups is 1. The van der Waals surface area contributed by atoms with Crippen molar-refractivity contribution in [2.45, 2.75) is 6.54 Å². The monoisotopic (exact) mass is 460 g/mol. The molecule has 168 valence electrons. The van der Waals surface area contributed by atoms with Gasteiger partial charge in [-0.05, 0) is 17.7 Å². The Bertz CT molecular complexity index is 1210. The Morgan fingerprint density at radius 2 is 1.42 bits per heavy atom. The molecular formula is C26H24N2O4S. The molecule has 0 fully saturated rings. The molecule has 0 aliphatic heterocycles. The van der Waals surface area contributed by atoms with Gasteiger partial charge in [-0.15, -0.1) is 11.3 Å². The van der Waals surface area contributed by atoms with E-state index < -0.39 is 0 Å². The first-order chi connectivity index (χ1) is 16.1. The van der Waals surface area contributed by atoms with Crippen molar-refractivity contribution in [3.63, 3.8) is 0 Å². The van der Waals surface area contributed by atoms with Crippen molar-refractivity contribution in [2.75, 3.05) is 21.3 Å². The van der Waals surface area contributed by atoms with E-state index in [0.29, 0.717) is 34.4 Å². The Hall–Kier alpha value is -3.84. The van der Waals surface area contributed by atoms with E-state index >= 15 is 0 Å². The molecule has 0 spiro atoms. The van der Waals surface area contributed by atoms with Gasteiger partial charge < -0.3 is 19.5 Å². The Labute approximate surface area is 196 Å². The maximum absolute atomic E-state index is 13.3. The van der Waals surface area contributed by atoms with Gasteiger partial charge in [-0.3, -0.25) is 4.79 Å². The van der Waals surface area contributed by atoms with Crippen LogP contribution in [0.5, 0.6) is 17.2 Å². The second-order valence-electron chi connectivity index (χ2n) is 7.15. The zero-order valence-electron chi connectivity index (χ0n) is 18.6. The molecular weight excluding hydrogens is 436 g/mol. The number of amides is 1. The molecule has 0 saturated carbocycles. The molecule has 33 heavy (non-hydrogen) atoms. The van der Waals surface area contributed by atoms with Crippen LogP contribution in [0.25, 0.3) is 21.8 Å². The fourth-order valence-corrected chi connectivity index (χ4v) is 4.48. The fraction of sp³-hybridized carbons (Fsp3) is 0.154. The molecule has 7 heteroatoms. The third-order valence-electron chi connectivity index (χ3n) is 5.08. The lowest BCUT2D eigenvalue weighted by atomic mass is 10.1. The lowest BCUT2D eigenvalue weighted by molar-refractivity contribution is 0.0955. The molecule has 3 aromatic carbocycles. The SMILES string of the molecule is COc1cc(CNC(=O)c2sc(-c3ccccc3)nc2-c2ccccc2)cc(OC)c1OC. The summed E-state index contributed by atoms with van der Waals surface area (Å²) in [6, 6.07) is 23.2. The van der Waals surface area contributed by atoms with E-state index in [1.54, 1.807) is 21.3 Å². The number of hydrogen-bond acceptors (Lipinski definition) is 6. The van der Waals surface area contributed by atoms with Crippen molar-refractivity contribution >= 4 is 17.2 Å². The Morgan fingerprint density at radius 1 is 0.848 bits per heavy atom. The average molecular weight is 461 g/mol. The van der Waals surface area contributed by atoms with Crippen LogP contribution < -0.4 is 19.5 Å². The average Bonchev–Trinajstić information content (AvgIpc) is 3.33. The van der Waals surface area contributed by atoms with E-state index in [1.807, 2.05) is 72.8 Å². The van der Waals surface area contributed by atoms with Gasteiger partial charge in [-0.1, -0.05) is 60.7 Å². The van der Waals surface area contributed by atoms with Gasteiger partial charge in [-0.25, -0.2) is 4.98 Å². The van der Waals surface area contributed by atoms with Gasteiger partial charge in [0.2, 0.25) is 5.75 Å². The van der Waals surface area contributed by atoms with Crippen molar-refractivity contribution in [3.8, 4) is 39.1 Å².